The zero-order valence-corrected chi connectivity index (χ0v) is 15.0. The number of carbonyl (C=O) groups is 1. The van der Waals surface area contributed by atoms with Crippen molar-refractivity contribution in [2.75, 3.05) is 37.6 Å². The topological polar surface area (TPSA) is 91.6 Å². The molecule has 1 aliphatic rings. The molecule has 0 radical (unpaired) electrons. The lowest BCUT2D eigenvalue weighted by Gasteiger charge is -2.36. The molecule has 1 aromatic heterocycles. The minimum absolute atomic E-state index is 0.0420. The Hall–Kier alpha value is -2.74. The first kappa shape index (κ1) is 18.1. The lowest BCUT2D eigenvalue weighted by atomic mass is 10.1. The highest BCUT2D eigenvalue weighted by molar-refractivity contribution is 5.99. The maximum absolute atomic E-state index is 11.9. The summed E-state index contributed by atoms with van der Waals surface area (Å²) in [7, 11) is 0. The molecular formula is C18H23N5O3. The summed E-state index contributed by atoms with van der Waals surface area (Å²) < 4.78 is 0. The van der Waals surface area contributed by atoms with Gasteiger partial charge in [-0.2, -0.15) is 0 Å². The Morgan fingerprint density at radius 2 is 1.96 bits per heavy atom. The van der Waals surface area contributed by atoms with Crippen molar-refractivity contribution >= 4 is 28.1 Å². The number of rotatable bonds is 5. The van der Waals surface area contributed by atoms with Gasteiger partial charge in [0.2, 0.25) is 5.91 Å². The molecule has 1 saturated heterocycles. The number of nitro benzene ring substituents is 1. The first-order valence-corrected chi connectivity index (χ1v) is 8.73. The maximum atomic E-state index is 11.9. The zero-order chi connectivity index (χ0) is 18.7. The van der Waals surface area contributed by atoms with Gasteiger partial charge in [-0.05, 0) is 26.0 Å². The third-order valence-corrected chi connectivity index (χ3v) is 4.50. The first-order valence-electron chi connectivity index (χ1n) is 8.73. The average Bonchev–Trinajstić information content (AvgIpc) is 2.60. The van der Waals surface area contributed by atoms with Crippen LogP contribution in [0.2, 0.25) is 0 Å². The highest BCUT2D eigenvalue weighted by Gasteiger charge is 2.22. The van der Waals surface area contributed by atoms with Crippen molar-refractivity contribution in [1.29, 1.82) is 0 Å². The van der Waals surface area contributed by atoms with Gasteiger partial charge in [0.15, 0.2) is 0 Å². The van der Waals surface area contributed by atoms with Crippen LogP contribution in [0.25, 0.3) is 10.8 Å². The molecule has 1 fully saturated rings. The van der Waals surface area contributed by atoms with Gasteiger partial charge in [0.1, 0.15) is 0 Å². The average molecular weight is 357 g/mol. The van der Waals surface area contributed by atoms with Crippen LogP contribution in [0.5, 0.6) is 0 Å². The number of benzene rings is 1. The Morgan fingerprint density at radius 3 is 2.62 bits per heavy atom. The van der Waals surface area contributed by atoms with E-state index in [-0.39, 0.29) is 22.6 Å². The number of fused-ring (bicyclic) bond motifs is 1. The summed E-state index contributed by atoms with van der Waals surface area (Å²) in [5.41, 5.74) is 1.04. The van der Waals surface area contributed by atoms with E-state index in [0.29, 0.717) is 11.9 Å². The molecule has 0 aliphatic carbocycles. The van der Waals surface area contributed by atoms with Crippen LogP contribution in [0.15, 0.2) is 30.6 Å². The number of aromatic nitrogens is 1. The van der Waals surface area contributed by atoms with E-state index in [0.717, 1.165) is 37.3 Å². The summed E-state index contributed by atoms with van der Waals surface area (Å²) >= 11 is 0. The molecular weight excluding hydrogens is 334 g/mol. The molecule has 0 unspecified atom stereocenters. The summed E-state index contributed by atoms with van der Waals surface area (Å²) in [6.45, 7) is 7.38. The fraction of sp³-hybridized carbons (Fsp3) is 0.444. The molecule has 1 aromatic carbocycles. The van der Waals surface area contributed by atoms with Crippen LogP contribution in [-0.2, 0) is 4.79 Å². The van der Waals surface area contributed by atoms with Gasteiger partial charge in [-0.1, -0.05) is 0 Å². The Labute approximate surface area is 151 Å². The minimum atomic E-state index is -0.376. The summed E-state index contributed by atoms with van der Waals surface area (Å²) in [6.07, 6.45) is 3.20. The highest BCUT2D eigenvalue weighted by atomic mass is 16.6. The van der Waals surface area contributed by atoms with Gasteiger partial charge in [-0.15, -0.1) is 0 Å². The monoisotopic (exact) mass is 357 g/mol. The van der Waals surface area contributed by atoms with Crippen LogP contribution in [0.3, 0.4) is 0 Å². The molecule has 0 spiro atoms. The molecule has 3 rings (SSSR count). The van der Waals surface area contributed by atoms with Crippen molar-refractivity contribution in [3.05, 3.63) is 40.7 Å². The molecule has 8 nitrogen and oxygen atoms in total. The Balaban J connectivity index is 1.73. The standard InChI is InChI=1S/C18H23N5O3/c1-13(2)20-18(24)12-21-7-9-22(10-8-21)16-3-4-17(23(25)26)15-11-19-6-5-14(15)16/h3-6,11,13H,7-10,12H2,1-2H3,(H,20,24). The van der Waals surface area contributed by atoms with Crippen LogP contribution in [0.1, 0.15) is 13.8 Å². The van der Waals surface area contributed by atoms with Crippen molar-refractivity contribution in [2.24, 2.45) is 0 Å². The third kappa shape index (κ3) is 3.91. The van der Waals surface area contributed by atoms with Crippen molar-refractivity contribution < 1.29 is 9.72 Å². The number of amides is 1. The number of piperazine rings is 1. The SMILES string of the molecule is CC(C)NC(=O)CN1CCN(c2ccc([N+](=O)[O-])c3cnccc23)CC1. The number of nitro groups is 1. The largest absolute Gasteiger partial charge is 0.368 e. The van der Waals surface area contributed by atoms with Crippen LogP contribution in [0.4, 0.5) is 11.4 Å². The molecule has 8 heteroatoms. The van der Waals surface area contributed by atoms with Crippen molar-refractivity contribution in [2.45, 2.75) is 19.9 Å². The van der Waals surface area contributed by atoms with Crippen molar-refractivity contribution in [3.63, 3.8) is 0 Å². The maximum Gasteiger partial charge on any atom is 0.278 e. The smallest absolute Gasteiger partial charge is 0.278 e. The molecule has 0 saturated carbocycles. The number of pyridine rings is 1. The van der Waals surface area contributed by atoms with E-state index in [2.05, 4.69) is 20.1 Å². The summed E-state index contributed by atoms with van der Waals surface area (Å²) in [6, 6.07) is 5.31. The fourth-order valence-corrected chi connectivity index (χ4v) is 3.31. The quantitative estimate of drug-likeness (QED) is 0.648. The van der Waals surface area contributed by atoms with E-state index in [1.54, 1.807) is 18.5 Å². The number of nitrogens with zero attached hydrogens (tertiary/aromatic N) is 4. The number of hydrogen-bond donors (Lipinski definition) is 1. The van der Waals surface area contributed by atoms with Gasteiger partial charge in [0, 0.05) is 61.8 Å². The molecule has 1 amide bonds. The summed E-state index contributed by atoms with van der Waals surface area (Å²) in [4.78, 5) is 31.2. The van der Waals surface area contributed by atoms with Gasteiger partial charge in [0.05, 0.1) is 16.9 Å². The lowest BCUT2D eigenvalue weighted by molar-refractivity contribution is -0.383. The fourth-order valence-electron chi connectivity index (χ4n) is 3.31. The minimum Gasteiger partial charge on any atom is -0.368 e. The number of anilines is 1. The number of nitrogens with one attached hydrogen (secondary N) is 1. The normalized spacial score (nSPS) is 15.4. The molecule has 138 valence electrons. The summed E-state index contributed by atoms with van der Waals surface area (Å²) in [5.74, 6) is 0.0420. The molecule has 2 heterocycles. The van der Waals surface area contributed by atoms with E-state index in [1.807, 2.05) is 26.0 Å². The van der Waals surface area contributed by atoms with E-state index in [1.165, 1.54) is 0 Å². The molecule has 2 aromatic rings. The summed E-state index contributed by atoms with van der Waals surface area (Å²) in [5, 5.41) is 15.5. The van der Waals surface area contributed by atoms with Gasteiger partial charge < -0.3 is 10.2 Å². The molecule has 1 aliphatic heterocycles. The Morgan fingerprint density at radius 1 is 1.23 bits per heavy atom. The highest BCUT2D eigenvalue weighted by Crippen LogP contribution is 2.33. The first-order chi connectivity index (χ1) is 12.5. The second-order valence-corrected chi connectivity index (χ2v) is 6.77. The van der Waals surface area contributed by atoms with Gasteiger partial charge in [-0.3, -0.25) is 24.8 Å². The Bertz CT molecular complexity index is 816. The van der Waals surface area contributed by atoms with Crippen molar-refractivity contribution in [1.82, 2.24) is 15.2 Å². The Kier molecular flexibility index (Phi) is 5.32. The van der Waals surface area contributed by atoms with E-state index < -0.39 is 0 Å². The second-order valence-electron chi connectivity index (χ2n) is 6.77. The van der Waals surface area contributed by atoms with Gasteiger partial charge in [0.25, 0.3) is 5.69 Å². The molecule has 0 atom stereocenters. The van der Waals surface area contributed by atoms with Gasteiger partial charge >= 0.3 is 0 Å². The molecule has 0 bridgehead atoms. The second kappa shape index (κ2) is 7.65. The number of hydrogen-bond acceptors (Lipinski definition) is 6. The number of non-ortho nitro benzene ring substituents is 1. The van der Waals surface area contributed by atoms with Crippen LogP contribution < -0.4 is 10.2 Å². The van der Waals surface area contributed by atoms with Crippen LogP contribution >= 0.6 is 0 Å². The zero-order valence-electron chi connectivity index (χ0n) is 15.0. The predicted molar refractivity (Wildman–Crippen MR) is 100 cm³/mol. The van der Waals surface area contributed by atoms with E-state index in [9.17, 15) is 14.9 Å². The van der Waals surface area contributed by atoms with E-state index >= 15 is 0 Å². The van der Waals surface area contributed by atoms with Crippen LogP contribution in [0, 0.1) is 10.1 Å². The van der Waals surface area contributed by atoms with Crippen LogP contribution in [-0.4, -0.2) is 59.5 Å². The van der Waals surface area contributed by atoms with E-state index in [4.69, 9.17) is 0 Å². The molecule has 1 N–H and O–H groups in total. The van der Waals surface area contributed by atoms with Gasteiger partial charge in [-0.25, -0.2) is 0 Å². The third-order valence-electron chi connectivity index (χ3n) is 4.50. The predicted octanol–water partition coefficient (Wildman–Crippen LogP) is 1.79. The molecule has 26 heavy (non-hydrogen) atoms. The number of carbonyl (C=O) groups excluding carboxylic acids is 1. The van der Waals surface area contributed by atoms with Crippen molar-refractivity contribution in [3.8, 4) is 0 Å². The lowest BCUT2D eigenvalue weighted by Crippen LogP contribution is -2.50.